The first-order valence-electron chi connectivity index (χ1n) is 5.54. The van der Waals surface area contributed by atoms with Crippen LogP contribution in [0, 0.1) is 12.7 Å². The predicted octanol–water partition coefficient (Wildman–Crippen LogP) is 2.78. The number of aromatic amines is 1. The normalized spacial score (nSPS) is 12.2. The van der Waals surface area contributed by atoms with Gasteiger partial charge in [0.15, 0.2) is 0 Å². The molecule has 2 aromatic heterocycles. The first-order chi connectivity index (χ1) is 8.58. The molecule has 2 rings (SSSR count). The fraction of sp³-hybridized carbons (Fsp3) is 0.231. The molecule has 0 amide bonds. The van der Waals surface area contributed by atoms with E-state index in [1.165, 1.54) is 12.1 Å². The fourth-order valence-electron chi connectivity index (χ4n) is 1.57. The van der Waals surface area contributed by atoms with Crippen LogP contribution >= 0.6 is 0 Å². The average molecular weight is 248 g/mol. The van der Waals surface area contributed by atoms with Crippen LogP contribution in [0.4, 0.5) is 4.39 Å². The van der Waals surface area contributed by atoms with Gasteiger partial charge in [0.25, 0.3) is 0 Å². The van der Waals surface area contributed by atoms with Gasteiger partial charge in [-0.05, 0) is 37.6 Å². The predicted molar refractivity (Wildman–Crippen MR) is 63.6 cm³/mol. The van der Waals surface area contributed by atoms with Gasteiger partial charge in [-0.1, -0.05) is 0 Å². The summed E-state index contributed by atoms with van der Waals surface area (Å²) in [6, 6.07) is 4.57. The molecule has 0 fully saturated rings. The lowest BCUT2D eigenvalue weighted by atomic mass is 10.2. The molecule has 1 N–H and O–H groups in total. The Labute approximate surface area is 104 Å². The number of carbonyl (C=O) groups is 1. The second-order valence-corrected chi connectivity index (χ2v) is 3.98. The van der Waals surface area contributed by atoms with Crippen molar-refractivity contribution in [3.05, 3.63) is 53.4 Å². The topological polar surface area (TPSA) is 55.0 Å². The highest BCUT2D eigenvalue weighted by molar-refractivity contribution is 5.89. The van der Waals surface area contributed by atoms with Crippen molar-refractivity contribution in [3.8, 4) is 0 Å². The Morgan fingerprint density at radius 2 is 2.22 bits per heavy atom. The van der Waals surface area contributed by atoms with Crippen LogP contribution in [-0.2, 0) is 4.74 Å². The van der Waals surface area contributed by atoms with E-state index in [0.29, 0.717) is 11.4 Å². The second-order valence-electron chi connectivity index (χ2n) is 3.98. The van der Waals surface area contributed by atoms with Gasteiger partial charge in [0, 0.05) is 6.20 Å². The number of hydrogen-bond acceptors (Lipinski definition) is 3. The van der Waals surface area contributed by atoms with Gasteiger partial charge < -0.3 is 9.72 Å². The van der Waals surface area contributed by atoms with Crippen LogP contribution in [0.1, 0.15) is 34.8 Å². The van der Waals surface area contributed by atoms with Crippen molar-refractivity contribution < 1.29 is 13.9 Å². The summed E-state index contributed by atoms with van der Waals surface area (Å²) in [5.41, 5.74) is 1.75. The molecule has 0 saturated heterocycles. The number of rotatable bonds is 3. The average Bonchev–Trinajstić information content (AvgIpc) is 2.76. The maximum absolute atomic E-state index is 12.7. The smallest absolute Gasteiger partial charge is 0.355 e. The zero-order valence-corrected chi connectivity index (χ0v) is 10.1. The highest BCUT2D eigenvalue weighted by atomic mass is 19.1. The number of ether oxygens (including phenoxy) is 1. The van der Waals surface area contributed by atoms with E-state index < -0.39 is 17.9 Å². The van der Waals surface area contributed by atoms with Gasteiger partial charge in [-0.3, -0.25) is 4.98 Å². The molecule has 0 radical (unpaired) electrons. The Morgan fingerprint density at radius 1 is 1.44 bits per heavy atom. The molecule has 0 aromatic carbocycles. The van der Waals surface area contributed by atoms with Crippen LogP contribution in [0.2, 0.25) is 0 Å². The number of pyridine rings is 1. The molecule has 94 valence electrons. The molecule has 0 spiro atoms. The number of aryl methyl sites for hydroxylation is 1. The molecule has 2 aromatic rings. The summed E-state index contributed by atoms with van der Waals surface area (Å²) in [5.74, 6) is -0.867. The van der Waals surface area contributed by atoms with Gasteiger partial charge in [-0.25, -0.2) is 9.18 Å². The monoisotopic (exact) mass is 248 g/mol. The Hall–Kier alpha value is -2.17. The summed E-state index contributed by atoms with van der Waals surface area (Å²) in [5, 5.41) is 0. The quantitative estimate of drug-likeness (QED) is 0.850. The molecule has 0 aliphatic heterocycles. The van der Waals surface area contributed by atoms with E-state index in [4.69, 9.17) is 4.74 Å². The number of H-pyrrole nitrogens is 1. The summed E-state index contributed by atoms with van der Waals surface area (Å²) in [7, 11) is 0. The Bertz CT molecular complexity index is 548. The zero-order valence-electron chi connectivity index (χ0n) is 10.1. The Kier molecular flexibility index (Phi) is 3.41. The molecular formula is C13H13FN2O2. The molecule has 1 unspecified atom stereocenters. The lowest BCUT2D eigenvalue weighted by molar-refractivity contribution is 0.0322. The molecule has 4 nitrogen and oxygen atoms in total. The fourth-order valence-corrected chi connectivity index (χ4v) is 1.57. The van der Waals surface area contributed by atoms with Gasteiger partial charge in [0.2, 0.25) is 0 Å². The van der Waals surface area contributed by atoms with E-state index in [0.717, 1.165) is 11.8 Å². The number of hydrogen-bond donors (Lipinski definition) is 1. The SMILES string of the molecule is Cc1cc[nH]c1C(=O)OC(C)c1ccc(F)cn1. The van der Waals surface area contributed by atoms with Crippen molar-refractivity contribution in [3.63, 3.8) is 0 Å². The van der Waals surface area contributed by atoms with Crippen LogP contribution < -0.4 is 0 Å². The first-order valence-corrected chi connectivity index (χ1v) is 5.54. The van der Waals surface area contributed by atoms with Gasteiger partial charge >= 0.3 is 5.97 Å². The van der Waals surface area contributed by atoms with Crippen LogP contribution in [0.25, 0.3) is 0 Å². The summed E-state index contributed by atoms with van der Waals surface area (Å²) in [6.07, 6.45) is 2.24. The number of halogens is 1. The van der Waals surface area contributed by atoms with E-state index in [2.05, 4.69) is 9.97 Å². The Morgan fingerprint density at radius 3 is 2.78 bits per heavy atom. The number of esters is 1. The molecular weight excluding hydrogens is 235 g/mol. The van der Waals surface area contributed by atoms with Crippen molar-refractivity contribution in [2.45, 2.75) is 20.0 Å². The lowest BCUT2D eigenvalue weighted by Crippen LogP contribution is -2.11. The van der Waals surface area contributed by atoms with Crippen LogP contribution in [-0.4, -0.2) is 15.9 Å². The summed E-state index contributed by atoms with van der Waals surface area (Å²) in [4.78, 5) is 18.5. The summed E-state index contributed by atoms with van der Waals surface area (Å²) < 4.78 is 18.0. The minimum atomic E-state index is -0.527. The zero-order chi connectivity index (χ0) is 13.1. The maximum atomic E-state index is 12.7. The third kappa shape index (κ3) is 2.56. The van der Waals surface area contributed by atoms with Crippen LogP contribution in [0.15, 0.2) is 30.6 Å². The van der Waals surface area contributed by atoms with E-state index in [9.17, 15) is 9.18 Å². The second kappa shape index (κ2) is 5.00. The summed E-state index contributed by atoms with van der Waals surface area (Å²) in [6.45, 7) is 3.50. The van der Waals surface area contributed by atoms with E-state index in [-0.39, 0.29) is 0 Å². The van der Waals surface area contributed by atoms with E-state index in [1.54, 1.807) is 19.2 Å². The van der Waals surface area contributed by atoms with Gasteiger partial charge in [0.05, 0.1) is 11.9 Å². The van der Waals surface area contributed by atoms with Crippen molar-refractivity contribution in [1.29, 1.82) is 0 Å². The number of carbonyl (C=O) groups excluding carboxylic acids is 1. The number of aromatic nitrogens is 2. The van der Waals surface area contributed by atoms with Crippen molar-refractivity contribution >= 4 is 5.97 Å². The van der Waals surface area contributed by atoms with Gasteiger partial charge in [-0.2, -0.15) is 0 Å². The van der Waals surface area contributed by atoms with Crippen LogP contribution in [0.3, 0.4) is 0 Å². The first kappa shape index (κ1) is 12.3. The molecule has 0 aliphatic rings. The van der Waals surface area contributed by atoms with Crippen molar-refractivity contribution in [2.24, 2.45) is 0 Å². The number of nitrogens with one attached hydrogen (secondary N) is 1. The standard InChI is InChI=1S/C13H13FN2O2/c1-8-5-6-15-12(8)13(17)18-9(2)11-4-3-10(14)7-16-11/h3-7,9,15H,1-2H3. The molecule has 5 heteroatoms. The third-order valence-corrected chi connectivity index (χ3v) is 2.61. The largest absolute Gasteiger partial charge is 0.451 e. The van der Waals surface area contributed by atoms with Crippen molar-refractivity contribution in [1.82, 2.24) is 9.97 Å². The molecule has 0 saturated carbocycles. The maximum Gasteiger partial charge on any atom is 0.355 e. The molecule has 0 bridgehead atoms. The van der Waals surface area contributed by atoms with Crippen LogP contribution in [0.5, 0.6) is 0 Å². The van der Waals surface area contributed by atoms with Gasteiger partial charge in [0.1, 0.15) is 17.6 Å². The highest BCUT2D eigenvalue weighted by Crippen LogP contribution is 2.17. The van der Waals surface area contributed by atoms with Crippen molar-refractivity contribution in [2.75, 3.05) is 0 Å². The Balaban J connectivity index is 2.08. The van der Waals surface area contributed by atoms with E-state index in [1.807, 2.05) is 6.92 Å². The minimum Gasteiger partial charge on any atom is -0.451 e. The third-order valence-electron chi connectivity index (χ3n) is 2.61. The summed E-state index contributed by atoms with van der Waals surface area (Å²) >= 11 is 0. The molecule has 0 aliphatic carbocycles. The lowest BCUT2D eigenvalue weighted by Gasteiger charge is -2.12. The molecule has 2 heterocycles. The van der Waals surface area contributed by atoms with Gasteiger partial charge in [-0.15, -0.1) is 0 Å². The number of nitrogens with zero attached hydrogens (tertiary/aromatic N) is 1. The van der Waals surface area contributed by atoms with E-state index >= 15 is 0 Å². The molecule has 1 atom stereocenters. The minimum absolute atomic E-state index is 0.419. The molecule has 18 heavy (non-hydrogen) atoms. The highest BCUT2D eigenvalue weighted by Gasteiger charge is 2.17.